The number of aliphatic carboxylic acids is 1. The SMILES string of the molecule is Cc1ccnc(-c2cc(C(=O)NC(CS(=O)(=O)[O-])C(=O)NCCN(C)C(=O)CCCCCCC(=O)ON3C(=O)CCC3=O)ccn2)c1.O=C([O-])C(F)(F)F.[Ir].[c-]1ccccc1-n1cccn1.[c-]1ccccc1-n1cccn1. The molecule has 22 nitrogen and oxygen atoms in total. The van der Waals surface area contributed by atoms with Gasteiger partial charge in [-0.05, 0) is 73.1 Å². The number of hydroxylamine groups is 2. The van der Waals surface area contributed by atoms with Crippen molar-refractivity contribution in [2.45, 2.75) is 70.5 Å². The molecule has 27 heteroatoms. The van der Waals surface area contributed by atoms with Gasteiger partial charge in [0.2, 0.25) is 11.8 Å². The Hall–Kier alpha value is -8.00. The minimum atomic E-state index is -5.19. The summed E-state index contributed by atoms with van der Waals surface area (Å²) in [5, 5.41) is 22.2. The molecule has 1 aliphatic heterocycles. The molecular weight excluding hydrogens is 1210 g/mol. The number of aryl methyl sites for hydroxylation is 1. The maximum absolute atomic E-state index is 12.9. The van der Waals surface area contributed by atoms with Crippen molar-refractivity contribution in [1.82, 2.24) is 50.1 Å². The van der Waals surface area contributed by atoms with Crippen molar-refractivity contribution < 1.29 is 89.8 Å². The molecule has 413 valence electrons. The summed E-state index contributed by atoms with van der Waals surface area (Å²) in [6.07, 6.45) is 7.54. The molecule has 77 heavy (non-hydrogen) atoms. The van der Waals surface area contributed by atoms with Gasteiger partial charge >= 0.3 is 12.1 Å². The van der Waals surface area contributed by atoms with Crippen LogP contribution >= 0.6 is 0 Å². The molecule has 4 aromatic heterocycles. The van der Waals surface area contributed by atoms with Gasteiger partial charge in [-0.25, -0.2) is 13.2 Å². The van der Waals surface area contributed by atoms with Crippen molar-refractivity contribution in [2.24, 2.45) is 0 Å². The van der Waals surface area contributed by atoms with Crippen LogP contribution in [0.4, 0.5) is 13.2 Å². The van der Waals surface area contributed by atoms with Crippen molar-refractivity contribution in [3.8, 4) is 22.8 Å². The van der Waals surface area contributed by atoms with Crippen LogP contribution in [0, 0.1) is 19.1 Å². The second-order valence-corrected chi connectivity index (χ2v) is 17.6. The predicted molar refractivity (Wildman–Crippen MR) is 259 cm³/mol. The van der Waals surface area contributed by atoms with Crippen molar-refractivity contribution in [2.75, 3.05) is 25.9 Å². The summed E-state index contributed by atoms with van der Waals surface area (Å²) in [5.74, 6) is -7.87. The molecule has 6 aromatic rings. The molecule has 1 unspecified atom stereocenters. The first kappa shape index (κ1) is 63.3. The first-order chi connectivity index (χ1) is 36.1. The van der Waals surface area contributed by atoms with E-state index in [9.17, 15) is 54.9 Å². The van der Waals surface area contributed by atoms with E-state index in [0.717, 1.165) is 16.9 Å². The molecule has 5 amide bonds. The zero-order valence-corrected chi connectivity index (χ0v) is 44.5. The molecule has 0 spiro atoms. The molecule has 0 bridgehead atoms. The van der Waals surface area contributed by atoms with Crippen molar-refractivity contribution in [3.63, 3.8) is 0 Å². The van der Waals surface area contributed by atoms with E-state index in [1.807, 2.05) is 80.0 Å². The Bertz CT molecular complexity index is 2870. The van der Waals surface area contributed by atoms with Crippen molar-refractivity contribution in [1.29, 1.82) is 0 Å². The van der Waals surface area contributed by atoms with Gasteiger partial charge in [-0.1, -0.05) is 12.8 Å². The number of likely N-dealkylation sites (N-methyl/N-ethyl adjacent to an activating group) is 1. The number of alkyl halides is 3. The average Bonchev–Trinajstić information content (AvgIpc) is 4.20. The molecule has 5 heterocycles. The van der Waals surface area contributed by atoms with Crippen LogP contribution in [0.2, 0.25) is 0 Å². The average molecular weight is 1270 g/mol. The summed E-state index contributed by atoms with van der Waals surface area (Å²) in [4.78, 5) is 96.4. The van der Waals surface area contributed by atoms with E-state index >= 15 is 0 Å². The van der Waals surface area contributed by atoms with Gasteiger partial charge in [0.15, 0.2) is 0 Å². The third-order valence-electron chi connectivity index (χ3n) is 10.2. The Kier molecular flexibility index (Phi) is 26.1. The topological polar surface area (TPSA) is 301 Å². The van der Waals surface area contributed by atoms with E-state index in [0.29, 0.717) is 42.1 Å². The Morgan fingerprint density at radius 1 is 0.792 bits per heavy atom. The second kappa shape index (κ2) is 31.8. The molecule has 1 saturated heterocycles. The summed E-state index contributed by atoms with van der Waals surface area (Å²) in [6.45, 7) is 1.86. The number of imide groups is 1. The van der Waals surface area contributed by atoms with Crippen LogP contribution in [0.15, 0.2) is 122 Å². The number of nitrogens with zero attached hydrogens (tertiary/aromatic N) is 8. The maximum atomic E-state index is 12.9. The molecule has 1 radical (unpaired) electrons. The van der Waals surface area contributed by atoms with E-state index < -0.39 is 63.7 Å². The molecule has 1 fully saturated rings. The van der Waals surface area contributed by atoms with Gasteiger partial charge in [0.1, 0.15) is 12.0 Å². The van der Waals surface area contributed by atoms with Crippen LogP contribution < -0.4 is 15.7 Å². The number of hydrogen-bond acceptors (Lipinski definition) is 16. The number of hydrogen-bond donors (Lipinski definition) is 2. The van der Waals surface area contributed by atoms with Gasteiger partial charge in [-0.3, -0.25) is 43.3 Å². The number of carboxylic acid groups (broad SMARTS) is 1. The van der Waals surface area contributed by atoms with Gasteiger partial charge in [0, 0.05) is 109 Å². The minimum Gasteiger partial charge on any atom is -0.748 e. The van der Waals surface area contributed by atoms with E-state index in [1.54, 1.807) is 40.1 Å². The number of carbonyl (C=O) groups is 7. The fourth-order valence-corrected chi connectivity index (χ4v) is 7.03. The third-order valence-corrected chi connectivity index (χ3v) is 10.9. The molecule has 1 aliphatic rings. The fraction of sp³-hybridized carbons (Fsp3) is 0.300. The molecule has 0 saturated carbocycles. The molecule has 0 aliphatic carbocycles. The standard InChI is InChI=1S/C30H38N6O10S.2C9H7N2.C2HF3O2.Ir/c1-20-11-13-31-22(17-20)23-18-21(12-14-32-23)29(41)34-24(19-47(43,44)45)30(42)33-15-16-35(2)25(37)7-5-3-4-6-8-28(40)46-36-26(38)9-10-27(36)39;2*1-2-5-9(6-3-1)11-8-4-7-10-11;3-2(4,5)1(6)7;/h11-14,17-18,24H,3-10,15-16,19H2,1-2H3,(H,33,42)(H,34,41)(H,43,44,45);2*1-5,7-8H;(H,6,7);/q;2*-1;;/p-2. The van der Waals surface area contributed by atoms with Gasteiger partial charge in [0.05, 0.1) is 27.3 Å². The number of carbonyl (C=O) groups excluding carboxylic acids is 7. The van der Waals surface area contributed by atoms with Crippen LogP contribution in [-0.4, -0.2) is 132 Å². The van der Waals surface area contributed by atoms with Gasteiger partial charge in [-0.2, -0.15) is 71.9 Å². The zero-order chi connectivity index (χ0) is 55.7. The number of unbranched alkanes of at least 4 members (excludes halogenated alkanes) is 3. The second-order valence-electron chi connectivity index (χ2n) is 16.1. The number of carboxylic acids is 1. The normalized spacial score (nSPS) is 12.2. The Balaban J connectivity index is 0.000000411. The Morgan fingerprint density at radius 3 is 1.81 bits per heavy atom. The van der Waals surface area contributed by atoms with Gasteiger partial charge < -0.3 is 34.8 Å². The number of rotatable bonds is 19. The van der Waals surface area contributed by atoms with E-state index in [2.05, 4.69) is 42.9 Å². The van der Waals surface area contributed by atoms with Crippen LogP contribution in [0.5, 0.6) is 0 Å². The first-order valence-electron chi connectivity index (χ1n) is 23.0. The van der Waals surface area contributed by atoms with Crippen LogP contribution in [0.3, 0.4) is 0 Å². The van der Waals surface area contributed by atoms with Crippen LogP contribution in [0.1, 0.15) is 67.3 Å². The number of nitrogens with one attached hydrogen (secondary N) is 2. The summed E-state index contributed by atoms with van der Waals surface area (Å²) in [5.41, 5.74) is 3.81. The monoisotopic (exact) mass is 1270 g/mol. The molecule has 2 aromatic carbocycles. The van der Waals surface area contributed by atoms with E-state index in [1.165, 1.54) is 30.3 Å². The predicted octanol–water partition coefficient (Wildman–Crippen LogP) is 3.26. The van der Waals surface area contributed by atoms with Crippen LogP contribution in [0.25, 0.3) is 22.8 Å². The molecule has 2 N–H and O–H groups in total. The number of halogens is 3. The number of aromatic nitrogens is 6. The quantitative estimate of drug-likeness (QED) is 0.0509. The minimum absolute atomic E-state index is 0. The Morgan fingerprint density at radius 2 is 1.32 bits per heavy atom. The summed E-state index contributed by atoms with van der Waals surface area (Å²) in [7, 11) is -3.38. The summed E-state index contributed by atoms with van der Waals surface area (Å²) >= 11 is 0. The fourth-order valence-electron chi connectivity index (χ4n) is 6.38. The first-order valence-corrected chi connectivity index (χ1v) is 24.6. The maximum Gasteiger partial charge on any atom is 0.430 e. The third kappa shape index (κ3) is 23.2. The smallest absolute Gasteiger partial charge is 0.430 e. The van der Waals surface area contributed by atoms with E-state index in [-0.39, 0.29) is 70.3 Å². The molecule has 7 rings (SSSR count). The number of para-hydroxylation sites is 2. The summed E-state index contributed by atoms with van der Waals surface area (Å²) in [6, 6.07) is 30.1. The van der Waals surface area contributed by atoms with Crippen LogP contribution in [-0.2, 0) is 63.8 Å². The largest absolute Gasteiger partial charge is 0.748 e. The van der Waals surface area contributed by atoms with Crippen molar-refractivity contribution in [3.05, 3.63) is 145 Å². The molecule has 1 atom stereocenters. The number of amides is 5. The number of benzene rings is 2. The summed E-state index contributed by atoms with van der Waals surface area (Å²) < 4.78 is 69.6. The van der Waals surface area contributed by atoms with E-state index in [4.69, 9.17) is 14.7 Å². The van der Waals surface area contributed by atoms with Crippen molar-refractivity contribution >= 4 is 51.6 Å². The Labute approximate surface area is 454 Å². The number of pyridine rings is 2. The van der Waals surface area contributed by atoms with Gasteiger partial charge in [-0.15, -0.1) is 17.2 Å². The van der Waals surface area contributed by atoms with Gasteiger partial charge in [0.25, 0.3) is 17.7 Å². The molecular formula is C50H51F3IrN10O12S-4. The zero-order valence-electron chi connectivity index (χ0n) is 41.3.